The van der Waals surface area contributed by atoms with Gasteiger partial charge in [-0.2, -0.15) is 4.99 Å². The number of fused-ring (bicyclic) bond motifs is 1. The lowest BCUT2D eigenvalue weighted by molar-refractivity contribution is -0.115. The lowest BCUT2D eigenvalue weighted by Gasteiger charge is -2.24. The van der Waals surface area contributed by atoms with Crippen LogP contribution >= 0.6 is 23.4 Å². The number of aliphatic imine (C=N–C) groups is 1. The van der Waals surface area contributed by atoms with Gasteiger partial charge in [0.05, 0.1) is 22.6 Å². The zero-order valence-electron chi connectivity index (χ0n) is 11.5. The summed E-state index contributed by atoms with van der Waals surface area (Å²) in [5.41, 5.74) is 0.531. The first kappa shape index (κ1) is 15.8. The summed E-state index contributed by atoms with van der Waals surface area (Å²) in [5.74, 6) is -0.900. The second kappa shape index (κ2) is 5.50. The Morgan fingerprint density at radius 3 is 2.82 bits per heavy atom. The van der Waals surface area contributed by atoms with E-state index in [1.54, 1.807) is 4.90 Å². The summed E-state index contributed by atoms with van der Waals surface area (Å²) in [4.78, 5) is 16.9. The Hall–Kier alpha value is -1.12. The first-order chi connectivity index (χ1) is 10.3. The fourth-order valence-electron chi connectivity index (χ4n) is 2.64. The average molecular weight is 363 g/mol. The van der Waals surface area contributed by atoms with E-state index < -0.39 is 15.7 Å². The number of rotatable bonds is 1. The molecule has 2 heterocycles. The highest BCUT2D eigenvalue weighted by atomic mass is 35.5. The van der Waals surface area contributed by atoms with Crippen LogP contribution in [0.2, 0.25) is 5.02 Å². The number of anilines is 1. The number of benzene rings is 1. The first-order valence-corrected chi connectivity index (χ1v) is 9.55. The minimum absolute atomic E-state index is 0.0173. The Morgan fingerprint density at radius 1 is 1.45 bits per heavy atom. The number of halogens is 2. The lowest BCUT2D eigenvalue weighted by Crippen LogP contribution is -2.37. The highest BCUT2D eigenvalue weighted by Crippen LogP contribution is 2.41. The summed E-state index contributed by atoms with van der Waals surface area (Å²) >= 11 is 7.08. The molecule has 22 heavy (non-hydrogen) atoms. The molecule has 0 N–H and O–H groups in total. The minimum Gasteiger partial charge on any atom is -0.316 e. The van der Waals surface area contributed by atoms with E-state index in [2.05, 4.69) is 4.99 Å². The molecule has 9 heteroatoms. The van der Waals surface area contributed by atoms with Gasteiger partial charge >= 0.3 is 0 Å². The molecule has 3 rings (SSSR count). The molecule has 1 amide bonds. The van der Waals surface area contributed by atoms with Gasteiger partial charge in [-0.1, -0.05) is 23.4 Å². The maximum absolute atomic E-state index is 13.3. The van der Waals surface area contributed by atoms with Crippen LogP contribution in [-0.2, 0) is 14.6 Å². The number of hydrogen-bond acceptors (Lipinski definition) is 4. The van der Waals surface area contributed by atoms with Gasteiger partial charge in [0, 0.05) is 17.9 Å². The molecular formula is C13H12ClFN2O3S2. The predicted molar refractivity (Wildman–Crippen MR) is 85.8 cm³/mol. The van der Waals surface area contributed by atoms with Crippen molar-refractivity contribution in [3.05, 3.63) is 29.0 Å². The molecule has 0 aromatic heterocycles. The number of sulfone groups is 1. The van der Waals surface area contributed by atoms with Crippen LogP contribution in [0.15, 0.2) is 23.2 Å². The van der Waals surface area contributed by atoms with Crippen molar-refractivity contribution in [3.63, 3.8) is 0 Å². The Bertz CT molecular complexity index is 781. The van der Waals surface area contributed by atoms with Gasteiger partial charge in [0.1, 0.15) is 5.82 Å². The van der Waals surface area contributed by atoms with Crippen molar-refractivity contribution in [2.75, 3.05) is 16.4 Å². The third-order valence-corrected chi connectivity index (χ3v) is 7.00. The average Bonchev–Trinajstić information content (AvgIpc) is 2.83. The standard InChI is InChI=1S/C13H12ClFN2O3S2/c1-7(18)16-13-17(8-2-3-10(15)9(14)4-8)11-5-22(19,20)6-12(11)21-13/h2-4,11-12H,5-6H2,1H3/t11-,12-/m0/s1. The molecule has 0 radical (unpaired) electrons. The van der Waals surface area contributed by atoms with Crippen molar-refractivity contribution < 1.29 is 17.6 Å². The molecule has 118 valence electrons. The van der Waals surface area contributed by atoms with E-state index >= 15 is 0 Å². The molecule has 1 aromatic rings. The molecular weight excluding hydrogens is 351 g/mol. The Labute approximate surface area is 136 Å². The van der Waals surface area contributed by atoms with Gasteiger partial charge in [-0.3, -0.25) is 4.79 Å². The number of amides is 1. The maximum atomic E-state index is 13.3. The van der Waals surface area contributed by atoms with Gasteiger partial charge in [-0.15, -0.1) is 0 Å². The van der Waals surface area contributed by atoms with Gasteiger partial charge in [-0.25, -0.2) is 12.8 Å². The molecule has 1 aromatic carbocycles. The van der Waals surface area contributed by atoms with Crippen LogP contribution in [-0.4, -0.2) is 42.3 Å². The van der Waals surface area contributed by atoms with Gasteiger partial charge in [-0.05, 0) is 18.2 Å². The molecule has 2 aliphatic heterocycles. The van der Waals surface area contributed by atoms with Crippen LogP contribution in [0, 0.1) is 5.82 Å². The maximum Gasteiger partial charge on any atom is 0.244 e. The van der Waals surface area contributed by atoms with Gasteiger partial charge in [0.15, 0.2) is 15.0 Å². The Balaban J connectivity index is 2.06. The van der Waals surface area contributed by atoms with Crippen LogP contribution in [0.5, 0.6) is 0 Å². The quantitative estimate of drug-likeness (QED) is 0.765. The first-order valence-electron chi connectivity index (χ1n) is 6.47. The topological polar surface area (TPSA) is 66.8 Å². The summed E-state index contributed by atoms with van der Waals surface area (Å²) < 4.78 is 37.0. The van der Waals surface area contributed by atoms with E-state index in [9.17, 15) is 17.6 Å². The highest BCUT2D eigenvalue weighted by Gasteiger charge is 2.49. The molecule has 0 unspecified atom stereocenters. The Morgan fingerprint density at radius 2 is 2.18 bits per heavy atom. The van der Waals surface area contributed by atoms with E-state index in [1.807, 2.05) is 0 Å². The SMILES string of the molecule is CC(=O)N=C1S[C@H]2CS(=O)(=O)C[C@@H]2N1c1ccc(F)c(Cl)c1. The van der Waals surface area contributed by atoms with Crippen LogP contribution in [0.3, 0.4) is 0 Å². The smallest absolute Gasteiger partial charge is 0.244 e. The summed E-state index contributed by atoms with van der Waals surface area (Å²) in [6.45, 7) is 1.33. The molecule has 2 atom stereocenters. The number of thioether (sulfide) groups is 1. The van der Waals surface area contributed by atoms with Crippen molar-refractivity contribution in [1.82, 2.24) is 0 Å². The van der Waals surface area contributed by atoms with E-state index in [-0.39, 0.29) is 33.7 Å². The molecule has 5 nitrogen and oxygen atoms in total. The van der Waals surface area contributed by atoms with Crippen LogP contribution in [0.4, 0.5) is 10.1 Å². The highest BCUT2D eigenvalue weighted by molar-refractivity contribution is 8.16. The largest absolute Gasteiger partial charge is 0.316 e. The lowest BCUT2D eigenvalue weighted by atomic mass is 10.2. The fourth-order valence-corrected chi connectivity index (χ4v) is 6.77. The van der Waals surface area contributed by atoms with E-state index in [4.69, 9.17) is 11.6 Å². The Kier molecular flexibility index (Phi) is 3.94. The van der Waals surface area contributed by atoms with Crippen LogP contribution in [0.1, 0.15) is 6.92 Å². The summed E-state index contributed by atoms with van der Waals surface area (Å²) in [7, 11) is -3.13. The number of carbonyl (C=O) groups excluding carboxylic acids is 1. The molecule has 0 bridgehead atoms. The second-order valence-electron chi connectivity index (χ2n) is 5.18. The number of amidine groups is 1. The zero-order valence-corrected chi connectivity index (χ0v) is 13.9. The third-order valence-electron chi connectivity index (χ3n) is 3.50. The summed E-state index contributed by atoms with van der Waals surface area (Å²) in [5, 5.41) is 0.181. The van der Waals surface area contributed by atoms with E-state index in [0.717, 1.165) is 0 Å². The predicted octanol–water partition coefficient (Wildman–Crippen LogP) is 2.10. The van der Waals surface area contributed by atoms with Crippen molar-refractivity contribution in [1.29, 1.82) is 0 Å². The van der Waals surface area contributed by atoms with E-state index in [1.165, 1.54) is 36.9 Å². The van der Waals surface area contributed by atoms with Gasteiger partial charge < -0.3 is 4.90 Å². The normalized spacial score (nSPS) is 28.1. The summed E-state index contributed by atoms with van der Waals surface area (Å²) in [6, 6.07) is 3.81. The third kappa shape index (κ3) is 2.87. The molecule has 2 aliphatic rings. The van der Waals surface area contributed by atoms with Crippen LogP contribution in [0.25, 0.3) is 0 Å². The van der Waals surface area contributed by atoms with Crippen LogP contribution < -0.4 is 4.90 Å². The molecule has 2 fully saturated rings. The zero-order chi connectivity index (χ0) is 16.1. The molecule has 2 saturated heterocycles. The molecule has 0 saturated carbocycles. The summed E-state index contributed by atoms with van der Waals surface area (Å²) in [6.07, 6.45) is 0. The number of nitrogens with zero attached hydrogens (tertiary/aromatic N) is 2. The van der Waals surface area contributed by atoms with E-state index in [0.29, 0.717) is 10.9 Å². The van der Waals surface area contributed by atoms with Crippen molar-refractivity contribution in [2.24, 2.45) is 4.99 Å². The minimum atomic E-state index is -3.13. The van der Waals surface area contributed by atoms with Gasteiger partial charge in [0.2, 0.25) is 5.91 Å². The van der Waals surface area contributed by atoms with Crippen molar-refractivity contribution in [3.8, 4) is 0 Å². The fraction of sp³-hybridized carbons (Fsp3) is 0.385. The molecule has 0 aliphatic carbocycles. The van der Waals surface area contributed by atoms with Crippen molar-refractivity contribution >= 4 is 50.0 Å². The van der Waals surface area contributed by atoms with Gasteiger partial charge in [0.25, 0.3) is 0 Å². The second-order valence-corrected chi connectivity index (χ2v) is 8.95. The molecule has 0 spiro atoms. The monoisotopic (exact) mass is 362 g/mol. The van der Waals surface area contributed by atoms with Crippen molar-refractivity contribution in [2.45, 2.75) is 18.2 Å². The number of hydrogen-bond donors (Lipinski definition) is 0. The number of carbonyl (C=O) groups is 1.